The smallest absolute Gasteiger partial charge is 0.379 e. The fraction of sp³-hybridized carbons (Fsp3) is 0.381. The van der Waals surface area contributed by atoms with Crippen molar-refractivity contribution in [2.24, 2.45) is 0 Å². The molecule has 1 aliphatic rings. The van der Waals surface area contributed by atoms with E-state index in [4.69, 9.17) is 9.47 Å². The molecule has 2 amide bonds. The molecule has 2 aromatic heterocycles. The number of halogens is 5. The standard InChI is InChI=1S/C20H19F2N5O4.CHF3/c1-30-5-6-31-16-8-17(24-10-13(16)9-23)26-20(29)27-4-2-3-12-7-14(18(21)22)15(11-28)25-19(12)27;2-1(3)4/h7-8,10-11,18H,2-6H2,1H3,(H,24,26,29);1H. The molecule has 0 saturated heterocycles. The van der Waals surface area contributed by atoms with Crippen LogP contribution in [0.1, 0.15) is 40.0 Å². The van der Waals surface area contributed by atoms with Gasteiger partial charge in [0.15, 0.2) is 6.29 Å². The number of alkyl halides is 5. The highest BCUT2D eigenvalue weighted by Gasteiger charge is 2.28. The molecule has 0 fully saturated rings. The quantitative estimate of drug-likeness (QED) is 0.342. The summed E-state index contributed by atoms with van der Waals surface area (Å²) in [6, 6.07) is 3.97. The highest BCUT2D eigenvalue weighted by Crippen LogP contribution is 2.31. The van der Waals surface area contributed by atoms with Crippen LogP contribution in [0.15, 0.2) is 18.3 Å². The summed E-state index contributed by atoms with van der Waals surface area (Å²) < 4.78 is 65.8. The van der Waals surface area contributed by atoms with Gasteiger partial charge < -0.3 is 9.47 Å². The minimum Gasteiger partial charge on any atom is -0.490 e. The van der Waals surface area contributed by atoms with E-state index >= 15 is 0 Å². The van der Waals surface area contributed by atoms with Crippen molar-refractivity contribution >= 4 is 24.0 Å². The van der Waals surface area contributed by atoms with Crippen LogP contribution in [0.25, 0.3) is 0 Å². The van der Waals surface area contributed by atoms with Crippen LogP contribution in [0.5, 0.6) is 5.75 Å². The zero-order chi connectivity index (χ0) is 26.0. The predicted molar refractivity (Wildman–Crippen MR) is 113 cm³/mol. The number of nitrogens with zero attached hydrogens (tertiary/aromatic N) is 4. The second-order valence-corrected chi connectivity index (χ2v) is 6.82. The number of ether oxygens (including phenoxy) is 2. The predicted octanol–water partition coefficient (Wildman–Crippen LogP) is 4.29. The van der Waals surface area contributed by atoms with Crippen LogP contribution >= 0.6 is 0 Å². The highest BCUT2D eigenvalue weighted by atomic mass is 19.4. The molecule has 0 saturated carbocycles. The van der Waals surface area contributed by atoms with Gasteiger partial charge in [-0.15, -0.1) is 0 Å². The molecule has 1 aliphatic heterocycles. The number of methoxy groups -OCH3 is 1. The first-order chi connectivity index (χ1) is 16.7. The van der Waals surface area contributed by atoms with Crippen molar-refractivity contribution in [2.45, 2.75) is 25.9 Å². The average Bonchev–Trinajstić information content (AvgIpc) is 2.82. The summed E-state index contributed by atoms with van der Waals surface area (Å²) in [7, 11) is 1.51. The van der Waals surface area contributed by atoms with Crippen molar-refractivity contribution in [1.29, 1.82) is 5.26 Å². The van der Waals surface area contributed by atoms with Gasteiger partial charge in [-0.2, -0.15) is 18.4 Å². The topological polar surface area (TPSA) is 117 Å². The fourth-order valence-corrected chi connectivity index (χ4v) is 3.12. The van der Waals surface area contributed by atoms with Crippen LogP contribution in [-0.2, 0) is 11.2 Å². The number of hydrogen-bond acceptors (Lipinski definition) is 7. The van der Waals surface area contributed by atoms with Gasteiger partial charge in [-0.3, -0.25) is 15.0 Å². The molecule has 9 nitrogen and oxygen atoms in total. The zero-order valence-electron chi connectivity index (χ0n) is 18.3. The number of pyridine rings is 2. The number of fused-ring (bicyclic) bond motifs is 1. The monoisotopic (exact) mass is 501 g/mol. The Morgan fingerprint density at radius 2 is 2.00 bits per heavy atom. The first-order valence-electron chi connectivity index (χ1n) is 10.0. The van der Waals surface area contributed by atoms with Gasteiger partial charge in [0.05, 0.1) is 12.8 Å². The number of anilines is 2. The molecule has 0 unspecified atom stereocenters. The van der Waals surface area contributed by atoms with Crippen molar-refractivity contribution in [1.82, 2.24) is 9.97 Å². The third-order valence-electron chi connectivity index (χ3n) is 4.58. The largest absolute Gasteiger partial charge is 0.490 e. The average molecular weight is 501 g/mol. The maximum Gasteiger partial charge on any atom is 0.379 e. The molecule has 0 aromatic carbocycles. The Bertz CT molecular complexity index is 1080. The SMILES string of the molecule is COCCOc1cc(NC(=O)N2CCCc3cc(C(F)F)c(C=O)nc32)ncc1C#N.FC(F)F. The highest BCUT2D eigenvalue weighted by molar-refractivity contribution is 6.01. The summed E-state index contributed by atoms with van der Waals surface area (Å²) in [5.41, 5.74) is -0.214. The Morgan fingerprint density at radius 3 is 2.60 bits per heavy atom. The molecule has 0 radical (unpaired) electrons. The van der Waals surface area contributed by atoms with Crippen molar-refractivity contribution in [3.63, 3.8) is 0 Å². The first-order valence-corrected chi connectivity index (χ1v) is 10.0. The van der Waals surface area contributed by atoms with Crippen LogP contribution in [0, 0.1) is 11.3 Å². The van der Waals surface area contributed by atoms with Gasteiger partial charge in [-0.1, -0.05) is 0 Å². The van der Waals surface area contributed by atoms with Crippen LogP contribution in [0.3, 0.4) is 0 Å². The van der Waals surface area contributed by atoms with Crippen LogP contribution in [0.2, 0.25) is 0 Å². The van der Waals surface area contributed by atoms with E-state index in [1.165, 1.54) is 30.3 Å². The third-order valence-corrected chi connectivity index (χ3v) is 4.58. The summed E-state index contributed by atoms with van der Waals surface area (Å²) in [5.74, 6) is 0.510. The molecule has 35 heavy (non-hydrogen) atoms. The number of carbonyl (C=O) groups excluding carboxylic acids is 2. The number of nitrogens with one attached hydrogen (secondary N) is 1. The normalized spacial score (nSPS) is 12.4. The first kappa shape index (κ1) is 27.4. The minimum absolute atomic E-state index is 0.128. The van der Waals surface area contributed by atoms with E-state index in [1.807, 2.05) is 6.07 Å². The van der Waals surface area contributed by atoms with E-state index in [0.29, 0.717) is 25.0 Å². The number of urea groups is 1. The molecule has 14 heteroatoms. The number of carbonyl (C=O) groups is 2. The summed E-state index contributed by atoms with van der Waals surface area (Å²) >= 11 is 0. The molecular formula is C21H20F5N5O4. The molecule has 0 aliphatic carbocycles. The Kier molecular flexibility index (Phi) is 10.3. The maximum absolute atomic E-state index is 13.2. The lowest BCUT2D eigenvalue weighted by atomic mass is 10.0. The van der Waals surface area contributed by atoms with E-state index < -0.39 is 30.4 Å². The second kappa shape index (κ2) is 13.1. The number of hydrogen-bond donors (Lipinski definition) is 1. The number of aromatic nitrogens is 2. The zero-order valence-corrected chi connectivity index (χ0v) is 18.3. The molecular weight excluding hydrogens is 481 g/mol. The Morgan fingerprint density at radius 1 is 1.29 bits per heavy atom. The summed E-state index contributed by atoms with van der Waals surface area (Å²) in [5, 5.41) is 11.8. The lowest BCUT2D eigenvalue weighted by Gasteiger charge is -2.29. The van der Waals surface area contributed by atoms with Gasteiger partial charge in [-0.05, 0) is 24.5 Å². The number of nitriles is 1. The molecule has 2 aromatic rings. The molecule has 188 valence electrons. The number of aldehydes is 1. The van der Waals surface area contributed by atoms with Gasteiger partial charge in [0.2, 0.25) is 0 Å². The van der Waals surface area contributed by atoms with Gasteiger partial charge in [0.25, 0.3) is 6.43 Å². The van der Waals surface area contributed by atoms with E-state index in [-0.39, 0.29) is 42.4 Å². The molecule has 0 spiro atoms. The molecule has 0 atom stereocenters. The molecule has 0 bridgehead atoms. The Balaban J connectivity index is 0.00000100. The van der Waals surface area contributed by atoms with E-state index in [9.17, 15) is 36.8 Å². The summed E-state index contributed by atoms with van der Waals surface area (Å²) in [6.45, 7) is -2.87. The molecule has 1 N–H and O–H groups in total. The third kappa shape index (κ3) is 7.57. The van der Waals surface area contributed by atoms with Crippen molar-refractivity contribution in [3.8, 4) is 11.8 Å². The van der Waals surface area contributed by atoms with Crippen LogP contribution in [0.4, 0.5) is 38.4 Å². The van der Waals surface area contributed by atoms with Crippen molar-refractivity contribution in [2.75, 3.05) is 37.1 Å². The molecule has 3 rings (SSSR count). The number of rotatable bonds is 7. The number of aryl methyl sites for hydroxylation is 1. The fourth-order valence-electron chi connectivity index (χ4n) is 3.12. The van der Waals surface area contributed by atoms with Gasteiger partial charge >= 0.3 is 12.7 Å². The maximum atomic E-state index is 13.2. The van der Waals surface area contributed by atoms with E-state index in [0.717, 1.165) is 0 Å². The molecule has 3 heterocycles. The summed E-state index contributed by atoms with van der Waals surface area (Å²) in [4.78, 5) is 33.4. The van der Waals surface area contributed by atoms with Gasteiger partial charge in [0, 0.05) is 25.3 Å². The minimum atomic E-state index is -3.67. The van der Waals surface area contributed by atoms with Gasteiger partial charge in [0.1, 0.15) is 41.3 Å². The van der Waals surface area contributed by atoms with Crippen LogP contribution in [-0.4, -0.2) is 55.8 Å². The van der Waals surface area contributed by atoms with Gasteiger partial charge in [-0.25, -0.2) is 23.5 Å². The van der Waals surface area contributed by atoms with Crippen molar-refractivity contribution < 1.29 is 41.0 Å². The van der Waals surface area contributed by atoms with Crippen molar-refractivity contribution in [3.05, 3.63) is 40.7 Å². The van der Waals surface area contributed by atoms with Crippen LogP contribution < -0.4 is 15.0 Å². The lowest BCUT2D eigenvalue weighted by molar-refractivity contribution is 0.00818. The Labute approximate surface area is 196 Å². The van der Waals surface area contributed by atoms with E-state index in [1.54, 1.807) is 0 Å². The lowest BCUT2D eigenvalue weighted by Crippen LogP contribution is -2.39. The second-order valence-electron chi connectivity index (χ2n) is 6.82. The summed E-state index contributed by atoms with van der Waals surface area (Å²) in [6.07, 6.45) is -0.339. The number of amides is 2. The van der Waals surface area contributed by atoms with E-state index in [2.05, 4.69) is 15.3 Å². The Hall–Kier alpha value is -3.86.